The van der Waals surface area contributed by atoms with E-state index in [1.807, 2.05) is 55.5 Å². The van der Waals surface area contributed by atoms with Gasteiger partial charge in [0, 0.05) is 12.2 Å². The number of aromatic nitrogens is 2. The summed E-state index contributed by atoms with van der Waals surface area (Å²) in [5.41, 5.74) is 9.35. The molecule has 4 aromatic rings. The van der Waals surface area contributed by atoms with Crippen molar-refractivity contribution in [3.05, 3.63) is 150 Å². The molecule has 1 aliphatic heterocycles. The van der Waals surface area contributed by atoms with E-state index in [0.717, 1.165) is 22.4 Å². The third-order valence-corrected chi connectivity index (χ3v) is 6.67. The zero-order valence-corrected chi connectivity index (χ0v) is 25.1. The number of aryl methyl sites for hydroxylation is 1. The first kappa shape index (κ1) is 29.4. The molecule has 3 heterocycles. The Bertz CT molecular complexity index is 1540. The van der Waals surface area contributed by atoms with Crippen LogP contribution in [0.3, 0.4) is 0 Å². The minimum atomic E-state index is 0. The molecule has 0 aliphatic carbocycles. The molecule has 5 rings (SSSR count). The Morgan fingerprint density at radius 2 is 1.82 bits per heavy atom. The number of benzene rings is 2. The summed E-state index contributed by atoms with van der Waals surface area (Å²) in [5, 5.41) is 9.24. The molecule has 39 heavy (non-hydrogen) atoms. The molecule has 0 bridgehead atoms. The Balaban J connectivity index is 0.000000214. The predicted octanol–water partition coefficient (Wildman–Crippen LogP) is 7.89. The van der Waals surface area contributed by atoms with Crippen molar-refractivity contribution in [2.24, 2.45) is 0 Å². The fraction of sp³-hybridized carbons (Fsp3) is 0.114. The summed E-state index contributed by atoms with van der Waals surface area (Å²) in [6.07, 6.45) is 7.14. The van der Waals surface area contributed by atoms with Gasteiger partial charge in [0.05, 0.1) is 23.0 Å². The number of hydrogen-bond donors (Lipinski definition) is 0. The fourth-order valence-electron chi connectivity index (χ4n) is 4.69. The predicted molar refractivity (Wildman–Crippen MR) is 155 cm³/mol. The molecule has 0 fully saturated rings. The topological polar surface area (TPSA) is 40.6 Å². The monoisotopic (exact) mass is 686 g/mol. The zero-order valence-electron chi connectivity index (χ0n) is 22.7. The van der Waals surface area contributed by atoms with Crippen LogP contribution in [-0.4, -0.2) is 4.98 Å². The first-order chi connectivity index (χ1) is 18.5. The quantitative estimate of drug-likeness (QED) is 0.0950. The number of nitriles is 1. The molecule has 194 valence electrons. The molecule has 0 amide bonds. The molecule has 3 nitrogen and oxygen atoms in total. The maximum atomic E-state index is 9.24. The normalized spacial score (nSPS) is 12.2. The van der Waals surface area contributed by atoms with Crippen LogP contribution in [-0.2, 0) is 20.1 Å². The van der Waals surface area contributed by atoms with Crippen LogP contribution >= 0.6 is 0 Å². The van der Waals surface area contributed by atoms with Crippen LogP contribution in [0.5, 0.6) is 0 Å². The molecule has 2 aromatic carbocycles. The SMILES string of the molecule is C=C/C(C#N)=C(\C=C/C)c1ccnc(-c2[c-]cccc2)c1.Cc1cccc2[n+]1[C-](C)[C-](C)c1ccccc1-2.[Ir+3]. The van der Waals surface area contributed by atoms with Crippen molar-refractivity contribution in [3.63, 3.8) is 0 Å². The molecule has 0 unspecified atom stereocenters. The second-order valence-corrected chi connectivity index (χ2v) is 8.99. The maximum Gasteiger partial charge on any atom is 3.00 e. The number of allylic oxidation sites excluding steroid dienone is 5. The summed E-state index contributed by atoms with van der Waals surface area (Å²) in [6, 6.07) is 33.3. The second-order valence-electron chi connectivity index (χ2n) is 8.99. The van der Waals surface area contributed by atoms with Gasteiger partial charge in [-0.05, 0) is 43.7 Å². The molecule has 0 spiro atoms. The van der Waals surface area contributed by atoms with E-state index < -0.39 is 0 Å². The van der Waals surface area contributed by atoms with Gasteiger partial charge in [0.15, 0.2) is 0 Å². The van der Waals surface area contributed by atoms with Crippen LogP contribution < -0.4 is 4.57 Å². The van der Waals surface area contributed by atoms with E-state index in [4.69, 9.17) is 0 Å². The van der Waals surface area contributed by atoms with E-state index in [0.29, 0.717) is 5.57 Å². The van der Waals surface area contributed by atoms with E-state index in [2.05, 4.69) is 91.5 Å². The molecule has 0 saturated heterocycles. The summed E-state index contributed by atoms with van der Waals surface area (Å²) in [5.74, 6) is 1.37. The van der Waals surface area contributed by atoms with Gasteiger partial charge in [0.25, 0.3) is 0 Å². The van der Waals surface area contributed by atoms with Crippen LogP contribution in [0.2, 0.25) is 0 Å². The molecule has 0 saturated carbocycles. The van der Waals surface area contributed by atoms with Crippen LogP contribution in [0.25, 0.3) is 28.1 Å². The molecule has 1 aliphatic rings. The van der Waals surface area contributed by atoms with Crippen molar-refractivity contribution in [3.8, 4) is 28.6 Å². The van der Waals surface area contributed by atoms with Gasteiger partial charge in [0.2, 0.25) is 0 Å². The van der Waals surface area contributed by atoms with Crippen molar-refractivity contribution in [1.29, 1.82) is 5.26 Å². The minimum Gasteiger partial charge on any atom is -0.343 e. The van der Waals surface area contributed by atoms with Gasteiger partial charge in [-0.3, -0.25) is 0 Å². The van der Waals surface area contributed by atoms with Gasteiger partial charge < -0.3 is 9.55 Å². The van der Waals surface area contributed by atoms with Crippen molar-refractivity contribution < 1.29 is 24.7 Å². The maximum absolute atomic E-state index is 9.24. The van der Waals surface area contributed by atoms with E-state index in [9.17, 15) is 5.26 Å². The average Bonchev–Trinajstić information content (AvgIpc) is 2.97. The van der Waals surface area contributed by atoms with E-state index in [-0.39, 0.29) is 20.1 Å². The average molecular weight is 686 g/mol. The van der Waals surface area contributed by atoms with Crippen molar-refractivity contribution in [1.82, 2.24) is 4.98 Å². The number of rotatable bonds is 4. The number of nitrogens with zero attached hydrogens (tertiary/aromatic N) is 3. The number of fused-ring (bicyclic) bond motifs is 3. The molecule has 0 atom stereocenters. The standard InChI is InChI=1S/C19H15N2.C16H16N.Ir/c1-3-8-18(15(4-2)14-20)17-11-12-21-19(13-17)16-9-6-5-7-10-16;1-11-7-6-10-16-15-9-5-4-8-14(15)12(2)13(3)17(11)16;/h3-9,11-13H,2H2,1H3;4-10H,1-3H3;/q2*-1;+3/b8-3-,18-15-;;. The van der Waals surface area contributed by atoms with E-state index in [1.165, 1.54) is 34.5 Å². The number of pyridine rings is 2. The summed E-state index contributed by atoms with van der Waals surface area (Å²) in [4.78, 5) is 4.38. The largest absolute Gasteiger partial charge is 3.00 e. The van der Waals surface area contributed by atoms with Gasteiger partial charge in [-0.15, -0.1) is 59.5 Å². The van der Waals surface area contributed by atoms with Crippen molar-refractivity contribution >= 4 is 5.57 Å². The van der Waals surface area contributed by atoms with E-state index in [1.54, 1.807) is 12.3 Å². The van der Waals surface area contributed by atoms with Crippen LogP contribution in [0, 0.1) is 36.3 Å². The minimum absolute atomic E-state index is 0. The van der Waals surface area contributed by atoms with Gasteiger partial charge >= 0.3 is 20.1 Å². The first-order valence-electron chi connectivity index (χ1n) is 12.6. The van der Waals surface area contributed by atoms with Crippen LogP contribution in [0.15, 0.2) is 115 Å². The smallest absolute Gasteiger partial charge is 0.343 e. The van der Waals surface area contributed by atoms with Crippen LogP contribution in [0.1, 0.15) is 37.6 Å². The third kappa shape index (κ3) is 6.29. The molecule has 0 radical (unpaired) electrons. The van der Waals surface area contributed by atoms with Gasteiger partial charge in [0.1, 0.15) is 0 Å². The first-order valence-corrected chi connectivity index (χ1v) is 12.6. The fourth-order valence-corrected chi connectivity index (χ4v) is 4.69. The Morgan fingerprint density at radius 3 is 2.51 bits per heavy atom. The number of hydrogen-bond acceptors (Lipinski definition) is 2. The van der Waals surface area contributed by atoms with Gasteiger partial charge in [-0.25, -0.2) is 0 Å². The van der Waals surface area contributed by atoms with Gasteiger partial charge in [-0.2, -0.15) is 16.9 Å². The second kappa shape index (κ2) is 13.6. The van der Waals surface area contributed by atoms with Crippen molar-refractivity contribution in [2.45, 2.75) is 27.7 Å². The summed E-state index contributed by atoms with van der Waals surface area (Å²) >= 11 is 0. The summed E-state index contributed by atoms with van der Waals surface area (Å²) in [7, 11) is 0. The Hall–Kier alpha value is -4.16. The Morgan fingerprint density at radius 1 is 1.05 bits per heavy atom. The molecule has 2 aromatic heterocycles. The molecule has 0 N–H and O–H groups in total. The zero-order chi connectivity index (χ0) is 27.1. The summed E-state index contributed by atoms with van der Waals surface area (Å²) < 4.78 is 2.34. The van der Waals surface area contributed by atoms with Gasteiger partial charge in [-0.1, -0.05) is 62.1 Å². The van der Waals surface area contributed by atoms with Crippen molar-refractivity contribution in [2.75, 3.05) is 0 Å². The molecule has 4 heteroatoms. The third-order valence-electron chi connectivity index (χ3n) is 6.67. The molecular formula is C35H31IrN3+. The summed E-state index contributed by atoms with van der Waals surface area (Å²) in [6.45, 7) is 12.2. The van der Waals surface area contributed by atoms with Crippen LogP contribution in [0.4, 0.5) is 0 Å². The Kier molecular flexibility index (Phi) is 10.2. The van der Waals surface area contributed by atoms with E-state index >= 15 is 0 Å². The Labute approximate surface area is 246 Å². The molecular weight excluding hydrogens is 655 g/mol.